The summed E-state index contributed by atoms with van der Waals surface area (Å²) in [5.74, 6) is 0.956. The van der Waals surface area contributed by atoms with Crippen LogP contribution in [0, 0.1) is 13.8 Å². The number of piperazine rings is 1. The quantitative estimate of drug-likeness (QED) is 0.852. The van der Waals surface area contributed by atoms with E-state index in [0.717, 1.165) is 49.7 Å². The van der Waals surface area contributed by atoms with E-state index in [4.69, 9.17) is 4.74 Å². The Morgan fingerprint density at radius 2 is 1.78 bits per heavy atom. The first-order chi connectivity index (χ1) is 13.0. The molecule has 1 aliphatic rings. The summed E-state index contributed by atoms with van der Waals surface area (Å²) in [5, 5.41) is 3.04. The van der Waals surface area contributed by atoms with Crippen LogP contribution in [-0.4, -0.2) is 55.5 Å². The minimum atomic E-state index is 0.0585. The predicted octanol–water partition coefficient (Wildman–Crippen LogP) is 3.07. The van der Waals surface area contributed by atoms with Crippen molar-refractivity contribution >= 4 is 11.6 Å². The third-order valence-electron chi connectivity index (χ3n) is 5.03. The van der Waals surface area contributed by atoms with Gasteiger partial charge in [-0.1, -0.05) is 29.8 Å². The maximum absolute atomic E-state index is 12.4. The number of hydrogen-bond acceptors (Lipinski definition) is 4. The molecule has 0 unspecified atom stereocenters. The van der Waals surface area contributed by atoms with Crippen LogP contribution in [0.1, 0.15) is 16.7 Å². The second-order valence-electron chi connectivity index (χ2n) is 7.27. The fraction of sp³-hybridized carbons (Fsp3) is 0.409. The molecule has 3 rings (SSSR count). The first-order valence-corrected chi connectivity index (χ1v) is 9.48. The van der Waals surface area contributed by atoms with E-state index < -0.39 is 0 Å². The van der Waals surface area contributed by atoms with Gasteiger partial charge in [-0.25, -0.2) is 0 Å². The number of ether oxygens (including phenoxy) is 1. The fourth-order valence-electron chi connectivity index (χ4n) is 3.48. The van der Waals surface area contributed by atoms with Crippen LogP contribution < -0.4 is 10.1 Å². The van der Waals surface area contributed by atoms with Crippen molar-refractivity contribution in [3.8, 4) is 5.75 Å². The highest BCUT2D eigenvalue weighted by molar-refractivity contribution is 5.93. The second kappa shape index (κ2) is 9.02. The number of nitrogens with one attached hydrogen (secondary N) is 1. The second-order valence-corrected chi connectivity index (χ2v) is 7.27. The highest BCUT2D eigenvalue weighted by Gasteiger charge is 2.19. The lowest BCUT2D eigenvalue weighted by Gasteiger charge is -2.34. The Morgan fingerprint density at radius 1 is 1.04 bits per heavy atom. The number of aryl methyl sites for hydroxylation is 2. The van der Waals surface area contributed by atoms with E-state index in [-0.39, 0.29) is 5.91 Å². The van der Waals surface area contributed by atoms with Gasteiger partial charge in [-0.15, -0.1) is 0 Å². The van der Waals surface area contributed by atoms with Crippen molar-refractivity contribution in [3.63, 3.8) is 0 Å². The Labute approximate surface area is 161 Å². The molecule has 1 heterocycles. The Balaban J connectivity index is 1.45. The molecular formula is C22H29N3O2. The molecule has 0 aliphatic carbocycles. The van der Waals surface area contributed by atoms with Crippen LogP contribution in [-0.2, 0) is 11.3 Å². The average Bonchev–Trinajstić information content (AvgIpc) is 2.66. The molecule has 0 radical (unpaired) electrons. The van der Waals surface area contributed by atoms with Gasteiger partial charge in [0, 0.05) is 38.4 Å². The molecule has 0 saturated carbocycles. The lowest BCUT2D eigenvalue weighted by molar-refractivity contribution is -0.117. The molecule has 1 fully saturated rings. The minimum absolute atomic E-state index is 0.0585. The van der Waals surface area contributed by atoms with Crippen molar-refractivity contribution in [2.24, 2.45) is 0 Å². The van der Waals surface area contributed by atoms with E-state index in [2.05, 4.69) is 40.2 Å². The van der Waals surface area contributed by atoms with Crippen LogP contribution in [0.3, 0.4) is 0 Å². The van der Waals surface area contributed by atoms with Gasteiger partial charge in [-0.2, -0.15) is 0 Å². The molecule has 5 heteroatoms. The maximum Gasteiger partial charge on any atom is 0.238 e. The average molecular weight is 367 g/mol. The molecule has 27 heavy (non-hydrogen) atoms. The van der Waals surface area contributed by atoms with Crippen molar-refractivity contribution in [1.29, 1.82) is 0 Å². The van der Waals surface area contributed by atoms with Gasteiger partial charge in [0.05, 0.1) is 13.7 Å². The molecule has 5 nitrogen and oxygen atoms in total. The molecule has 144 valence electrons. The van der Waals surface area contributed by atoms with Crippen molar-refractivity contribution in [1.82, 2.24) is 9.80 Å². The van der Waals surface area contributed by atoms with Gasteiger partial charge in [-0.05, 0) is 43.2 Å². The number of carbonyl (C=O) groups excluding carboxylic acids is 1. The summed E-state index contributed by atoms with van der Waals surface area (Å²) in [5.41, 5.74) is 4.47. The van der Waals surface area contributed by atoms with Crippen molar-refractivity contribution in [2.45, 2.75) is 20.4 Å². The Kier molecular flexibility index (Phi) is 6.48. The largest absolute Gasteiger partial charge is 0.497 e. The highest BCUT2D eigenvalue weighted by Crippen LogP contribution is 2.17. The van der Waals surface area contributed by atoms with Crippen molar-refractivity contribution in [3.05, 3.63) is 59.2 Å². The summed E-state index contributed by atoms with van der Waals surface area (Å²) in [7, 11) is 1.70. The monoisotopic (exact) mass is 367 g/mol. The first kappa shape index (κ1) is 19.4. The van der Waals surface area contributed by atoms with Crippen molar-refractivity contribution in [2.75, 3.05) is 45.2 Å². The summed E-state index contributed by atoms with van der Waals surface area (Å²) in [6.07, 6.45) is 0. The molecule has 0 atom stereocenters. The molecule has 1 amide bonds. The molecule has 0 bridgehead atoms. The fourth-order valence-corrected chi connectivity index (χ4v) is 3.48. The number of nitrogens with zero attached hydrogens (tertiary/aromatic N) is 2. The Hall–Kier alpha value is -2.37. The SMILES string of the molecule is COc1cccc(CN2CCN(CC(=O)Nc3ccc(C)cc3C)CC2)c1. The van der Waals surface area contributed by atoms with Gasteiger partial charge in [0.15, 0.2) is 0 Å². The lowest BCUT2D eigenvalue weighted by Crippen LogP contribution is -2.48. The number of hydrogen-bond donors (Lipinski definition) is 1. The number of rotatable bonds is 6. The van der Waals surface area contributed by atoms with Crippen LogP contribution in [0.25, 0.3) is 0 Å². The molecule has 2 aromatic rings. The molecule has 1 N–H and O–H groups in total. The normalized spacial score (nSPS) is 15.5. The zero-order valence-electron chi connectivity index (χ0n) is 16.5. The Morgan fingerprint density at radius 3 is 2.48 bits per heavy atom. The molecule has 0 aromatic heterocycles. The smallest absolute Gasteiger partial charge is 0.238 e. The molecule has 1 aliphatic heterocycles. The summed E-state index contributed by atoms with van der Waals surface area (Å²) in [6, 6.07) is 14.3. The van der Waals surface area contributed by atoms with Crippen LogP contribution in [0.2, 0.25) is 0 Å². The molecule has 1 saturated heterocycles. The van der Waals surface area contributed by atoms with E-state index in [1.165, 1.54) is 11.1 Å². The summed E-state index contributed by atoms with van der Waals surface area (Å²) in [4.78, 5) is 17.0. The standard InChI is InChI=1S/C22H29N3O2/c1-17-7-8-21(18(2)13-17)23-22(26)16-25-11-9-24(10-12-25)15-19-5-4-6-20(14-19)27-3/h4-8,13-14H,9-12,15-16H2,1-3H3,(H,23,26). The summed E-state index contributed by atoms with van der Waals surface area (Å²) < 4.78 is 5.30. The molecule has 0 spiro atoms. The number of carbonyl (C=O) groups is 1. The minimum Gasteiger partial charge on any atom is -0.497 e. The summed E-state index contributed by atoms with van der Waals surface area (Å²) in [6.45, 7) is 9.19. The lowest BCUT2D eigenvalue weighted by atomic mass is 10.1. The van der Waals surface area contributed by atoms with Gasteiger partial charge in [0.1, 0.15) is 5.75 Å². The van der Waals surface area contributed by atoms with Gasteiger partial charge in [0.25, 0.3) is 0 Å². The van der Waals surface area contributed by atoms with Crippen LogP contribution in [0.5, 0.6) is 5.75 Å². The van der Waals surface area contributed by atoms with E-state index in [1.807, 2.05) is 31.2 Å². The van der Waals surface area contributed by atoms with E-state index in [0.29, 0.717) is 6.54 Å². The number of methoxy groups -OCH3 is 1. The van der Waals surface area contributed by atoms with Gasteiger partial charge in [-0.3, -0.25) is 14.6 Å². The predicted molar refractivity (Wildman–Crippen MR) is 109 cm³/mol. The highest BCUT2D eigenvalue weighted by atomic mass is 16.5. The van der Waals surface area contributed by atoms with Crippen LogP contribution in [0.15, 0.2) is 42.5 Å². The maximum atomic E-state index is 12.4. The zero-order valence-corrected chi connectivity index (χ0v) is 16.5. The van der Waals surface area contributed by atoms with Crippen LogP contribution in [0.4, 0.5) is 5.69 Å². The third-order valence-corrected chi connectivity index (χ3v) is 5.03. The zero-order chi connectivity index (χ0) is 19.2. The van der Waals surface area contributed by atoms with E-state index in [9.17, 15) is 4.79 Å². The Bertz CT molecular complexity index is 783. The third kappa shape index (κ3) is 5.55. The van der Waals surface area contributed by atoms with Crippen LogP contribution >= 0.6 is 0 Å². The van der Waals surface area contributed by atoms with Gasteiger partial charge < -0.3 is 10.1 Å². The first-order valence-electron chi connectivity index (χ1n) is 9.48. The number of benzene rings is 2. The topological polar surface area (TPSA) is 44.8 Å². The number of amides is 1. The number of anilines is 1. The van der Waals surface area contributed by atoms with Gasteiger partial charge >= 0.3 is 0 Å². The van der Waals surface area contributed by atoms with E-state index in [1.54, 1.807) is 7.11 Å². The molecular weight excluding hydrogens is 338 g/mol. The molecule has 2 aromatic carbocycles. The van der Waals surface area contributed by atoms with E-state index >= 15 is 0 Å². The summed E-state index contributed by atoms with van der Waals surface area (Å²) >= 11 is 0. The van der Waals surface area contributed by atoms with Gasteiger partial charge in [0.2, 0.25) is 5.91 Å². The van der Waals surface area contributed by atoms with Crippen molar-refractivity contribution < 1.29 is 9.53 Å².